The molecule has 13 heavy (non-hydrogen) atoms. The van der Waals surface area contributed by atoms with Crippen LogP contribution in [-0.4, -0.2) is 31.3 Å². The predicted molar refractivity (Wildman–Crippen MR) is 45.5 cm³/mol. The Morgan fingerprint density at radius 3 is 3.00 bits per heavy atom. The van der Waals surface area contributed by atoms with E-state index in [9.17, 15) is 0 Å². The van der Waals surface area contributed by atoms with Crippen molar-refractivity contribution in [2.24, 2.45) is 15.9 Å². The lowest BCUT2D eigenvalue weighted by atomic mass is 10.4. The molecule has 8 nitrogen and oxygen atoms in total. The number of amidine groups is 1. The van der Waals surface area contributed by atoms with Crippen LogP contribution in [0.4, 0.5) is 5.82 Å². The second kappa shape index (κ2) is 4.33. The molecular weight excluding hydrogens is 196 g/mol. The molecule has 0 radical (unpaired) electrons. The van der Waals surface area contributed by atoms with Crippen LogP contribution in [0.3, 0.4) is 0 Å². The van der Waals surface area contributed by atoms with Crippen molar-refractivity contribution >= 4 is 29.7 Å². The molecule has 1 aromatic rings. The van der Waals surface area contributed by atoms with Crippen LogP contribution < -0.4 is 11.2 Å². The SMILES string of the molecule is N/C(=N\O)c1nsnc1N=CNO. The molecule has 5 N–H and O–H groups in total. The van der Waals surface area contributed by atoms with Crippen LogP contribution in [-0.2, 0) is 0 Å². The maximum absolute atomic E-state index is 8.34. The Morgan fingerprint density at radius 1 is 1.62 bits per heavy atom. The number of nitrogens with two attached hydrogens (primary N) is 1. The summed E-state index contributed by atoms with van der Waals surface area (Å²) in [6, 6.07) is 0. The summed E-state index contributed by atoms with van der Waals surface area (Å²) < 4.78 is 7.46. The first-order valence-corrected chi connectivity index (χ1v) is 3.75. The minimum atomic E-state index is -0.182. The predicted octanol–water partition coefficient (Wildman–Crippen LogP) is -0.729. The van der Waals surface area contributed by atoms with E-state index in [-0.39, 0.29) is 17.3 Å². The van der Waals surface area contributed by atoms with Crippen LogP contribution in [0.2, 0.25) is 0 Å². The van der Waals surface area contributed by atoms with Crippen LogP contribution in [0.25, 0.3) is 0 Å². The highest BCUT2D eigenvalue weighted by Crippen LogP contribution is 2.14. The van der Waals surface area contributed by atoms with E-state index in [1.165, 1.54) is 0 Å². The van der Waals surface area contributed by atoms with Crippen molar-refractivity contribution in [2.45, 2.75) is 0 Å². The van der Waals surface area contributed by atoms with E-state index in [4.69, 9.17) is 16.1 Å². The zero-order chi connectivity index (χ0) is 9.68. The summed E-state index contributed by atoms with van der Waals surface area (Å²) in [4.78, 5) is 3.63. The van der Waals surface area contributed by atoms with Gasteiger partial charge in [0.25, 0.3) is 0 Å². The zero-order valence-electron chi connectivity index (χ0n) is 6.25. The van der Waals surface area contributed by atoms with E-state index in [0.29, 0.717) is 0 Å². The van der Waals surface area contributed by atoms with Gasteiger partial charge in [0.05, 0.1) is 11.7 Å². The second-order valence-corrected chi connectivity index (χ2v) is 2.34. The summed E-state index contributed by atoms with van der Waals surface area (Å²) in [5.41, 5.74) is 7.12. The molecule has 0 bridgehead atoms. The van der Waals surface area contributed by atoms with Gasteiger partial charge in [0.2, 0.25) is 0 Å². The van der Waals surface area contributed by atoms with E-state index in [1.54, 1.807) is 5.48 Å². The number of hydrogen-bond acceptors (Lipinski definition) is 7. The molecule has 0 aliphatic heterocycles. The van der Waals surface area contributed by atoms with Gasteiger partial charge in [-0.05, 0) is 0 Å². The van der Waals surface area contributed by atoms with Gasteiger partial charge in [-0.2, -0.15) is 8.75 Å². The van der Waals surface area contributed by atoms with Crippen molar-refractivity contribution in [3.63, 3.8) is 0 Å². The van der Waals surface area contributed by atoms with Crippen LogP contribution in [0.15, 0.2) is 10.1 Å². The molecule has 0 aromatic carbocycles. The normalized spacial score (nSPS) is 12.2. The van der Waals surface area contributed by atoms with Crippen molar-refractivity contribution in [1.82, 2.24) is 14.2 Å². The Hall–Kier alpha value is -1.74. The molecule has 1 rings (SSSR count). The van der Waals surface area contributed by atoms with E-state index in [0.717, 1.165) is 18.1 Å². The standard InChI is InChI=1S/C4H6N6O2S/c5-3(8-12)2-4(6-1-7-11)10-13-9-2/h1,11-12H,(H2,5,8)(H,6,7,10). The lowest BCUT2D eigenvalue weighted by molar-refractivity contribution is 0.240. The van der Waals surface area contributed by atoms with Gasteiger partial charge < -0.3 is 10.9 Å². The first-order valence-electron chi connectivity index (χ1n) is 3.02. The van der Waals surface area contributed by atoms with Crippen molar-refractivity contribution in [3.05, 3.63) is 5.69 Å². The number of hydrogen-bond donors (Lipinski definition) is 4. The van der Waals surface area contributed by atoms with Gasteiger partial charge >= 0.3 is 0 Å². The molecule has 0 saturated heterocycles. The summed E-state index contributed by atoms with van der Waals surface area (Å²) in [7, 11) is 0. The molecule has 0 unspecified atom stereocenters. The number of hydroxylamine groups is 1. The molecule has 0 spiro atoms. The average molecular weight is 202 g/mol. The van der Waals surface area contributed by atoms with Gasteiger partial charge in [-0.3, -0.25) is 10.7 Å². The first kappa shape index (κ1) is 9.35. The fraction of sp³-hybridized carbons (Fsp3) is 0. The molecule has 0 amide bonds. The van der Waals surface area contributed by atoms with Crippen molar-refractivity contribution in [2.75, 3.05) is 0 Å². The Morgan fingerprint density at radius 2 is 2.38 bits per heavy atom. The van der Waals surface area contributed by atoms with Gasteiger partial charge in [-0.25, -0.2) is 4.99 Å². The molecule has 0 aliphatic rings. The minimum absolute atomic E-state index is 0.166. The quantitative estimate of drug-likeness (QED) is 0.221. The van der Waals surface area contributed by atoms with Crippen molar-refractivity contribution < 1.29 is 10.4 Å². The van der Waals surface area contributed by atoms with Crippen molar-refractivity contribution in [3.8, 4) is 0 Å². The topological polar surface area (TPSA) is 129 Å². The third-order valence-corrected chi connectivity index (χ3v) is 1.58. The van der Waals surface area contributed by atoms with Crippen LogP contribution in [0.5, 0.6) is 0 Å². The summed E-state index contributed by atoms with van der Waals surface area (Å²) in [5.74, 6) is -0.0133. The highest BCUT2D eigenvalue weighted by Gasteiger charge is 2.10. The summed E-state index contributed by atoms with van der Waals surface area (Å²) >= 11 is 0.865. The molecule has 0 aliphatic carbocycles. The number of aromatic nitrogens is 2. The summed E-state index contributed by atoms with van der Waals surface area (Å²) in [6.07, 6.45) is 0.991. The molecule has 70 valence electrons. The molecule has 0 fully saturated rings. The van der Waals surface area contributed by atoms with Gasteiger partial charge in [0, 0.05) is 0 Å². The van der Waals surface area contributed by atoms with Crippen LogP contribution >= 0.6 is 11.7 Å². The number of aliphatic imine (C=N–C) groups is 1. The smallest absolute Gasteiger partial charge is 0.198 e. The Kier molecular flexibility index (Phi) is 3.11. The van der Waals surface area contributed by atoms with Gasteiger partial charge in [-0.1, -0.05) is 5.16 Å². The fourth-order valence-electron chi connectivity index (χ4n) is 0.567. The Balaban J connectivity index is 2.96. The zero-order valence-corrected chi connectivity index (χ0v) is 7.06. The van der Waals surface area contributed by atoms with Gasteiger partial charge in [0.1, 0.15) is 6.34 Å². The van der Waals surface area contributed by atoms with Gasteiger partial charge in [-0.15, -0.1) is 0 Å². The van der Waals surface area contributed by atoms with E-state index < -0.39 is 0 Å². The molecule has 0 saturated carbocycles. The molecule has 1 aromatic heterocycles. The summed E-state index contributed by atoms with van der Waals surface area (Å²) in [6.45, 7) is 0. The minimum Gasteiger partial charge on any atom is -0.409 e. The Bertz CT molecular complexity index is 333. The van der Waals surface area contributed by atoms with Crippen LogP contribution in [0, 0.1) is 0 Å². The highest BCUT2D eigenvalue weighted by atomic mass is 32.1. The largest absolute Gasteiger partial charge is 0.409 e. The van der Waals surface area contributed by atoms with E-state index in [2.05, 4.69) is 18.9 Å². The molecule has 0 atom stereocenters. The average Bonchev–Trinajstić information content (AvgIpc) is 2.61. The lowest BCUT2D eigenvalue weighted by Crippen LogP contribution is -2.13. The number of nitrogens with zero attached hydrogens (tertiary/aromatic N) is 4. The molecular formula is C4H6N6O2S. The third kappa shape index (κ3) is 2.10. The maximum Gasteiger partial charge on any atom is 0.198 e. The van der Waals surface area contributed by atoms with Crippen LogP contribution in [0.1, 0.15) is 5.69 Å². The van der Waals surface area contributed by atoms with E-state index in [1.807, 2.05) is 0 Å². The maximum atomic E-state index is 8.34. The molecule has 1 heterocycles. The fourth-order valence-corrected chi connectivity index (χ4v) is 1.08. The highest BCUT2D eigenvalue weighted by molar-refractivity contribution is 6.99. The lowest BCUT2D eigenvalue weighted by Gasteiger charge is -1.91. The number of oxime groups is 1. The van der Waals surface area contributed by atoms with Crippen molar-refractivity contribution in [1.29, 1.82) is 0 Å². The summed E-state index contributed by atoms with van der Waals surface area (Å²) in [5, 5.41) is 19.3. The van der Waals surface area contributed by atoms with Gasteiger partial charge in [0.15, 0.2) is 17.3 Å². The molecule has 9 heteroatoms. The number of rotatable bonds is 3. The number of nitrogens with one attached hydrogen (secondary N) is 1. The first-order chi connectivity index (χ1) is 6.29. The van der Waals surface area contributed by atoms with E-state index >= 15 is 0 Å². The third-order valence-electron chi connectivity index (χ3n) is 1.07. The second-order valence-electron chi connectivity index (χ2n) is 1.81. The monoisotopic (exact) mass is 202 g/mol. The Labute approximate surface area is 76.7 Å².